The Labute approximate surface area is 109 Å². The molecule has 0 atom stereocenters. The number of rotatable bonds is 5. The van der Waals surface area contributed by atoms with Gasteiger partial charge < -0.3 is 26.5 Å². The molecule has 6 N–H and O–H groups in total. The number of urea groups is 1. The molecular formula is C11H17N5O3. The number of carboxylic acid groups (broad SMARTS) is 1. The first-order valence-electron chi connectivity index (χ1n) is 6.12. The molecule has 0 radical (unpaired) electrons. The summed E-state index contributed by atoms with van der Waals surface area (Å²) in [6, 6.07) is -0.321. The SMILES string of the molecule is NCCNC(=O)NC1(c2ncc(C(=O)O)[nH]2)CCC1. The number of hydrogen-bond acceptors (Lipinski definition) is 4. The molecule has 2 rings (SSSR count). The minimum absolute atomic E-state index is 0.0189. The van der Waals surface area contributed by atoms with E-state index in [1.165, 1.54) is 6.20 Å². The van der Waals surface area contributed by atoms with Gasteiger partial charge in [0.25, 0.3) is 0 Å². The van der Waals surface area contributed by atoms with Gasteiger partial charge >= 0.3 is 12.0 Å². The van der Waals surface area contributed by atoms with E-state index in [1.54, 1.807) is 0 Å². The third kappa shape index (κ3) is 2.68. The van der Waals surface area contributed by atoms with Crippen molar-refractivity contribution in [3.63, 3.8) is 0 Å². The van der Waals surface area contributed by atoms with Gasteiger partial charge in [0.05, 0.1) is 11.7 Å². The second kappa shape index (κ2) is 5.27. The van der Waals surface area contributed by atoms with Gasteiger partial charge in [0, 0.05) is 13.1 Å². The smallest absolute Gasteiger partial charge is 0.353 e. The second-order valence-electron chi connectivity index (χ2n) is 4.56. The lowest BCUT2D eigenvalue weighted by molar-refractivity contribution is 0.0690. The van der Waals surface area contributed by atoms with Crippen molar-refractivity contribution in [3.05, 3.63) is 17.7 Å². The molecule has 1 aromatic heterocycles. The Hall–Kier alpha value is -2.09. The van der Waals surface area contributed by atoms with Crippen molar-refractivity contribution < 1.29 is 14.7 Å². The molecule has 1 aromatic rings. The summed E-state index contributed by atoms with van der Waals surface area (Å²) < 4.78 is 0. The minimum Gasteiger partial charge on any atom is -0.477 e. The number of imidazole rings is 1. The largest absolute Gasteiger partial charge is 0.477 e. The van der Waals surface area contributed by atoms with E-state index in [-0.39, 0.29) is 11.7 Å². The highest BCUT2D eigenvalue weighted by molar-refractivity contribution is 5.85. The first kappa shape index (κ1) is 13.3. The normalized spacial score (nSPS) is 16.5. The predicted octanol–water partition coefficient (Wildman–Crippen LogP) is -0.255. The summed E-state index contributed by atoms with van der Waals surface area (Å²) in [5.74, 6) is -0.583. The maximum atomic E-state index is 11.7. The van der Waals surface area contributed by atoms with Gasteiger partial charge in [-0.2, -0.15) is 0 Å². The number of aromatic amines is 1. The number of hydrogen-bond donors (Lipinski definition) is 5. The minimum atomic E-state index is -1.07. The van der Waals surface area contributed by atoms with E-state index in [2.05, 4.69) is 20.6 Å². The maximum Gasteiger partial charge on any atom is 0.353 e. The molecule has 1 aliphatic carbocycles. The zero-order chi connectivity index (χ0) is 13.9. The van der Waals surface area contributed by atoms with Crippen molar-refractivity contribution in [2.24, 2.45) is 5.73 Å². The van der Waals surface area contributed by atoms with E-state index >= 15 is 0 Å². The molecule has 0 unspecified atom stereocenters. The Morgan fingerprint density at radius 1 is 1.53 bits per heavy atom. The number of aromatic carboxylic acids is 1. The van der Waals surface area contributed by atoms with Crippen LogP contribution in [0.15, 0.2) is 6.20 Å². The van der Waals surface area contributed by atoms with Crippen molar-refractivity contribution in [3.8, 4) is 0 Å². The van der Waals surface area contributed by atoms with Crippen LogP contribution in [-0.2, 0) is 5.54 Å². The van der Waals surface area contributed by atoms with Crippen molar-refractivity contribution in [1.82, 2.24) is 20.6 Å². The molecule has 2 amide bonds. The van der Waals surface area contributed by atoms with Gasteiger partial charge in [-0.3, -0.25) is 0 Å². The first-order chi connectivity index (χ1) is 9.07. The van der Waals surface area contributed by atoms with E-state index in [1.807, 2.05) is 0 Å². The number of H-pyrrole nitrogens is 1. The molecule has 104 valence electrons. The van der Waals surface area contributed by atoms with Gasteiger partial charge in [0.2, 0.25) is 0 Å². The number of nitrogens with two attached hydrogens (primary N) is 1. The number of nitrogens with zero attached hydrogens (tertiary/aromatic N) is 1. The van der Waals surface area contributed by atoms with Crippen LogP contribution in [0.4, 0.5) is 4.79 Å². The van der Waals surface area contributed by atoms with E-state index < -0.39 is 11.5 Å². The predicted molar refractivity (Wildman–Crippen MR) is 66.7 cm³/mol. The average molecular weight is 267 g/mol. The van der Waals surface area contributed by atoms with E-state index in [0.29, 0.717) is 18.9 Å². The Bertz CT molecular complexity index is 480. The van der Waals surface area contributed by atoms with Crippen LogP contribution in [-0.4, -0.2) is 40.2 Å². The Morgan fingerprint density at radius 3 is 2.74 bits per heavy atom. The lowest BCUT2D eigenvalue weighted by Crippen LogP contribution is -2.55. The number of carboxylic acids is 1. The van der Waals surface area contributed by atoms with Gasteiger partial charge in [0.15, 0.2) is 0 Å². The number of aromatic nitrogens is 2. The molecule has 0 saturated heterocycles. The fourth-order valence-electron chi connectivity index (χ4n) is 2.07. The van der Waals surface area contributed by atoms with Crippen molar-refractivity contribution in [1.29, 1.82) is 0 Å². The molecule has 1 aliphatic rings. The van der Waals surface area contributed by atoms with Crippen LogP contribution in [0.2, 0.25) is 0 Å². The average Bonchev–Trinajstić information content (AvgIpc) is 2.81. The van der Waals surface area contributed by atoms with Gasteiger partial charge in [0.1, 0.15) is 11.5 Å². The number of nitrogens with one attached hydrogen (secondary N) is 3. The third-order valence-corrected chi connectivity index (χ3v) is 3.25. The van der Waals surface area contributed by atoms with E-state index in [0.717, 1.165) is 19.3 Å². The molecular weight excluding hydrogens is 250 g/mol. The lowest BCUT2D eigenvalue weighted by atomic mass is 9.76. The zero-order valence-corrected chi connectivity index (χ0v) is 10.4. The van der Waals surface area contributed by atoms with Crippen molar-refractivity contribution in [2.45, 2.75) is 24.8 Å². The Balaban J connectivity index is 2.08. The second-order valence-corrected chi connectivity index (χ2v) is 4.56. The molecule has 1 heterocycles. The van der Waals surface area contributed by atoms with Crippen LogP contribution in [0.25, 0.3) is 0 Å². The quantitative estimate of drug-likeness (QED) is 0.501. The molecule has 0 aliphatic heterocycles. The molecule has 0 aromatic carbocycles. The molecule has 19 heavy (non-hydrogen) atoms. The van der Waals surface area contributed by atoms with Crippen LogP contribution >= 0.6 is 0 Å². The summed E-state index contributed by atoms with van der Waals surface area (Å²) in [7, 11) is 0. The first-order valence-corrected chi connectivity index (χ1v) is 6.12. The van der Waals surface area contributed by atoms with Crippen LogP contribution in [0.1, 0.15) is 35.6 Å². The summed E-state index contributed by atoms with van der Waals surface area (Å²) >= 11 is 0. The van der Waals surface area contributed by atoms with Gasteiger partial charge in [-0.1, -0.05) is 0 Å². The molecule has 0 bridgehead atoms. The van der Waals surface area contributed by atoms with E-state index in [4.69, 9.17) is 10.8 Å². The molecule has 1 saturated carbocycles. The highest BCUT2D eigenvalue weighted by Gasteiger charge is 2.42. The lowest BCUT2D eigenvalue weighted by Gasteiger charge is -2.40. The van der Waals surface area contributed by atoms with Crippen LogP contribution < -0.4 is 16.4 Å². The topological polar surface area (TPSA) is 133 Å². The van der Waals surface area contributed by atoms with Crippen molar-refractivity contribution >= 4 is 12.0 Å². The van der Waals surface area contributed by atoms with E-state index in [9.17, 15) is 9.59 Å². The van der Waals surface area contributed by atoms with Gasteiger partial charge in [-0.25, -0.2) is 14.6 Å². The number of amides is 2. The molecule has 8 nitrogen and oxygen atoms in total. The summed E-state index contributed by atoms with van der Waals surface area (Å²) in [6.07, 6.45) is 3.68. The Morgan fingerprint density at radius 2 is 2.26 bits per heavy atom. The fraction of sp³-hybridized carbons (Fsp3) is 0.545. The summed E-state index contributed by atoms with van der Waals surface area (Å²) in [5.41, 5.74) is 4.74. The van der Waals surface area contributed by atoms with Crippen molar-refractivity contribution in [2.75, 3.05) is 13.1 Å². The summed E-state index contributed by atoms with van der Waals surface area (Å²) in [5, 5.41) is 14.3. The zero-order valence-electron chi connectivity index (χ0n) is 10.4. The fourth-order valence-corrected chi connectivity index (χ4v) is 2.07. The van der Waals surface area contributed by atoms with Crippen LogP contribution in [0, 0.1) is 0 Å². The molecule has 1 fully saturated rings. The Kier molecular flexibility index (Phi) is 3.70. The number of carbonyl (C=O) groups excluding carboxylic acids is 1. The third-order valence-electron chi connectivity index (χ3n) is 3.25. The summed E-state index contributed by atoms with van der Waals surface area (Å²) in [4.78, 5) is 29.3. The highest BCUT2D eigenvalue weighted by atomic mass is 16.4. The van der Waals surface area contributed by atoms with Gasteiger partial charge in [-0.15, -0.1) is 0 Å². The van der Waals surface area contributed by atoms with Crippen LogP contribution in [0.3, 0.4) is 0 Å². The standard InChI is InChI=1S/C11H17N5O3/c12-4-5-13-10(19)16-11(2-1-3-11)9-14-6-7(15-9)8(17)18/h6H,1-5,12H2,(H,14,15)(H,17,18)(H2,13,16,19). The van der Waals surface area contributed by atoms with Gasteiger partial charge in [-0.05, 0) is 19.3 Å². The molecule has 8 heteroatoms. The highest BCUT2D eigenvalue weighted by Crippen LogP contribution is 2.39. The number of carbonyl (C=O) groups is 2. The van der Waals surface area contributed by atoms with Crippen LogP contribution in [0.5, 0.6) is 0 Å². The maximum absolute atomic E-state index is 11.7. The molecule has 0 spiro atoms. The summed E-state index contributed by atoms with van der Waals surface area (Å²) in [6.45, 7) is 0.755. The monoisotopic (exact) mass is 267 g/mol.